The summed E-state index contributed by atoms with van der Waals surface area (Å²) in [5.74, 6) is 1.58. The van der Waals surface area contributed by atoms with Gasteiger partial charge in [0.25, 0.3) is 0 Å². The van der Waals surface area contributed by atoms with Crippen LogP contribution < -0.4 is 10.6 Å². The second kappa shape index (κ2) is 7.82. The number of aromatic nitrogens is 4. The molecule has 138 valence electrons. The lowest BCUT2D eigenvalue weighted by atomic mass is 9.98. The van der Waals surface area contributed by atoms with Gasteiger partial charge in [-0.15, -0.1) is 21.5 Å². The molecule has 7 nitrogen and oxygen atoms in total. The molecule has 0 saturated heterocycles. The van der Waals surface area contributed by atoms with Crippen molar-refractivity contribution in [3.8, 4) is 0 Å². The normalized spacial score (nSPS) is 12.5. The summed E-state index contributed by atoms with van der Waals surface area (Å²) in [4.78, 5) is 9.33. The van der Waals surface area contributed by atoms with Crippen molar-refractivity contribution in [2.24, 2.45) is 4.99 Å². The average molecular weight is 372 g/mol. The van der Waals surface area contributed by atoms with E-state index in [1.54, 1.807) is 11.3 Å². The molecule has 2 N–H and O–H groups in total. The molecule has 0 bridgehead atoms. The van der Waals surface area contributed by atoms with Crippen LogP contribution in [0.15, 0.2) is 34.8 Å². The Bertz CT molecular complexity index is 888. The third-order valence-corrected chi connectivity index (χ3v) is 5.05. The summed E-state index contributed by atoms with van der Waals surface area (Å²) in [5, 5.41) is 18.2. The molecule has 0 spiro atoms. The SMILES string of the molecule is CCNC(=NCc1csc(C(C)(C)C)n1)NCc1nnc2ccccn12. The Morgan fingerprint density at radius 3 is 2.81 bits per heavy atom. The highest BCUT2D eigenvalue weighted by Gasteiger charge is 2.17. The van der Waals surface area contributed by atoms with Gasteiger partial charge in [0.1, 0.15) is 0 Å². The van der Waals surface area contributed by atoms with Gasteiger partial charge >= 0.3 is 0 Å². The number of nitrogens with zero attached hydrogens (tertiary/aromatic N) is 5. The van der Waals surface area contributed by atoms with E-state index in [4.69, 9.17) is 4.98 Å². The van der Waals surface area contributed by atoms with Crippen LogP contribution in [0.1, 0.15) is 44.2 Å². The number of thiazole rings is 1. The van der Waals surface area contributed by atoms with Crippen LogP contribution in [0.5, 0.6) is 0 Å². The van der Waals surface area contributed by atoms with E-state index >= 15 is 0 Å². The molecule has 0 amide bonds. The standard InChI is InChI=1S/C18H25N7S/c1-5-19-17(20-10-13-12-26-16(22-13)18(2,3)4)21-11-15-24-23-14-8-6-7-9-25(14)15/h6-9,12H,5,10-11H2,1-4H3,(H2,19,20,21). The van der Waals surface area contributed by atoms with Gasteiger partial charge in [-0.1, -0.05) is 26.8 Å². The molecular weight excluding hydrogens is 346 g/mol. The fourth-order valence-corrected chi connectivity index (χ4v) is 3.30. The Morgan fingerprint density at radius 1 is 1.23 bits per heavy atom. The molecule has 0 unspecified atom stereocenters. The molecule has 0 aliphatic rings. The van der Waals surface area contributed by atoms with Crippen LogP contribution >= 0.6 is 11.3 Å². The number of fused-ring (bicyclic) bond motifs is 1. The summed E-state index contributed by atoms with van der Waals surface area (Å²) in [5.41, 5.74) is 1.90. The second-order valence-corrected chi connectivity index (χ2v) is 7.85. The number of guanidine groups is 1. The van der Waals surface area contributed by atoms with Crippen molar-refractivity contribution in [2.45, 2.75) is 46.2 Å². The highest BCUT2D eigenvalue weighted by Crippen LogP contribution is 2.25. The van der Waals surface area contributed by atoms with Gasteiger partial charge in [0.2, 0.25) is 0 Å². The summed E-state index contributed by atoms with van der Waals surface area (Å²) in [7, 11) is 0. The zero-order valence-electron chi connectivity index (χ0n) is 15.7. The Kier molecular flexibility index (Phi) is 5.51. The van der Waals surface area contributed by atoms with Crippen molar-refractivity contribution in [3.63, 3.8) is 0 Å². The lowest BCUT2D eigenvalue weighted by Gasteiger charge is -2.13. The van der Waals surface area contributed by atoms with Gasteiger partial charge in [0.05, 0.1) is 23.8 Å². The molecule has 0 saturated carbocycles. The van der Waals surface area contributed by atoms with Gasteiger partial charge in [0.15, 0.2) is 17.4 Å². The van der Waals surface area contributed by atoms with Gasteiger partial charge in [-0.25, -0.2) is 9.98 Å². The predicted molar refractivity (Wildman–Crippen MR) is 105 cm³/mol. The van der Waals surface area contributed by atoms with E-state index in [9.17, 15) is 0 Å². The van der Waals surface area contributed by atoms with Crippen molar-refractivity contribution < 1.29 is 0 Å². The highest BCUT2D eigenvalue weighted by atomic mass is 32.1. The maximum Gasteiger partial charge on any atom is 0.192 e. The Morgan fingerprint density at radius 2 is 2.08 bits per heavy atom. The molecule has 8 heteroatoms. The third-order valence-electron chi connectivity index (χ3n) is 3.74. The molecule has 3 heterocycles. The van der Waals surface area contributed by atoms with E-state index in [0.717, 1.165) is 34.7 Å². The summed E-state index contributed by atoms with van der Waals surface area (Å²) in [6.45, 7) is 10.4. The van der Waals surface area contributed by atoms with Crippen molar-refractivity contribution in [1.29, 1.82) is 0 Å². The first-order valence-corrected chi connectivity index (χ1v) is 9.61. The molecule has 0 radical (unpaired) electrons. The molecule has 3 rings (SSSR count). The lowest BCUT2D eigenvalue weighted by molar-refractivity contribution is 0.583. The number of rotatable bonds is 5. The molecule has 0 aromatic carbocycles. The van der Waals surface area contributed by atoms with E-state index in [1.165, 1.54) is 0 Å². The summed E-state index contributed by atoms with van der Waals surface area (Å²) < 4.78 is 1.96. The molecule has 3 aromatic rings. The molecular formula is C18H25N7S. The molecule has 0 fully saturated rings. The van der Waals surface area contributed by atoms with E-state index in [-0.39, 0.29) is 5.41 Å². The minimum absolute atomic E-state index is 0.0735. The van der Waals surface area contributed by atoms with Gasteiger partial charge < -0.3 is 10.6 Å². The monoisotopic (exact) mass is 371 g/mol. The number of hydrogen-bond acceptors (Lipinski definition) is 5. The Labute approximate surface area is 157 Å². The summed E-state index contributed by atoms with van der Waals surface area (Å²) >= 11 is 1.69. The first kappa shape index (κ1) is 18.3. The maximum atomic E-state index is 4.69. The van der Waals surface area contributed by atoms with Crippen LogP contribution in [0.3, 0.4) is 0 Å². The van der Waals surface area contributed by atoms with Gasteiger partial charge in [-0.05, 0) is 19.1 Å². The minimum Gasteiger partial charge on any atom is -0.357 e. The van der Waals surface area contributed by atoms with E-state index < -0.39 is 0 Å². The zero-order valence-corrected chi connectivity index (χ0v) is 16.5. The fraction of sp³-hybridized carbons (Fsp3) is 0.444. The van der Waals surface area contributed by atoms with Crippen molar-refractivity contribution in [3.05, 3.63) is 46.3 Å². The highest BCUT2D eigenvalue weighted by molar-refractivity contribution is 7.09. The molecule has 3 aromatic heterocycles. The van der Waals surface area contributed by atoms with Crippen LogP contribution in [0.2, 0.25) is 0 Å². The summed E-state index contributed by atoms with van der Waals surface area (Å²) in [6.07, 6.45) is 1.96. The Balaban J connectivity index is 1.66. The van der Waals surface area contributed by atoms with Gasteiger partial charge in [-0.2, -0.15) is 0 Å². The van der Waals surface area contributed by atoms with Crippen molar-refractivity contribution in [2.75, 3.05) is 6.54 Å². The number of nitrogens with one attached hydrogen (secondary N) is 2. The van der Waals surface area contributed by atoms with Crippen LogP contribution in [-0.2, 0) is 18.5 Å². The zero-order chi connectivity index (χ0) is 18.6. The fourth-order valence-electron chi connectivity index (χ4n) is 2.40. The largest absolute Gasteiger partial charge is 0.357 e. The van der Waals surface area contributed by atoms with Crippen LogP contribution in [0.4, 0.5) is 0 Å². The van der Waals surface area contributed by atoms with E-state index in [1.807, 2.05) is 35.7 Å². The second-order valence-electron chi connectivity index (χ2n) is 6.99. The van der Waals surface area contributed by atoms with Crippen LogP contribution in [0, 0.1) is 0 Å². The average Bonchev–Trinajstić information content (AvgIpc) is 3.24. The number of hydrogen-bond donors (Lipinski definition) is 2. The lowest BCUT2D eigenvalue weighted by Crippen LogP contribution is -2.37. The van der Waals surface area contributed by atoms with E-state index in [2.05, 4.69) is 52.0 Å². The molecule has 0 atom stereocenters. The first-order chi connectivity index (χ1) is 12.5. The van der Waals surface area contributed by atoms with Gasteiger partial charge in [-0.3, -0.25) is 4.40 Å². The topological polar surface area (TPSA) is 79.5 Å². The van der Waals surface area contributed by atoms with Crippen LogP contribution in [0.25, 0.3) is 5.65 Å². The third kappa shape index (κ3) is 4.37. The number of aliphatic imine (C=N–C) groups is 1. The summed E-state index contributed by atoms with van der Waals surface area (Å²) in [6, 6.07) is 5.85. The smallest absolute Gasteiger partial charge is 0.192 e. The quantitative estimate of drug-likeness (QED) is 0.532. The minimum atomic E-state index is 0.0735. The molecule has 0 aliphatic carbocycles. The van der Waals surface area contributed by atoms with E-state index in [0.29, 0.717) is 13.1 Å². The van der Waals surface area contributed by atoms with Crippen molar-refractivity contribution >= 4 is 22.9 Å². The first-order valence-electron chi connectivity index (χ1n) is 8.73. The van der Waals surface area contributed by atoms with Gasteiger partial charge in [0, 0.05) is 23.5 Å². The van der Waals surface area contributed by atoms with Crippen LogP contribution in [-0.4, -0.2) is 32.1 Å². The Hall–Kier alpha value is -2.48. The molecule has 0 aliphatic heterocycles. The predicted octanol–water partition coefficient (Wildman–Crippen LogP) is 2.74. The molecule has 26 heavy (non-hydrogen) atoms. The maximum absolute atomic E-state index is 4.69. The number of pyridine rings is 1. The van der Waals surface area contributed by atoms with Crippen molar-refractivity contribution in [1.82, 2.24) is 30.2 Å².